The van der Waals surface area contributed by atoms with Gasteiger partial charge in [-0.15, -0.1) is 32.9 Å². The molecule has 0 aliphatic carbocycles. The number of aliphatic imine (C=N–C) groups is 1. The van der Waals surface area contributed by atoms with Crippen LogP contribution >= 0.6 is 22.7 Å². The number of carbonyl (C=O) groups is 4. The number of likely N-dealkylation sites (tertiary alicyclic amines) is 1. The smallest absolute Gasteiger partial charge is 0.252 e. The minimum atomic E-state index is -1.12. The fraction of sp³-hybridized carbons (Fsp3) is 0.360. The van der Waals surface area contributed by atoms with Crippen molar-refractivity contribution in [3.05, 3.63) is 128 Å². The van der Waals surface area contributed by atoms with Gasteiger partial charge in [0, 0.05) is 47.1 Å². The molecule has 4 N–H and O–H groups in total. The van der Waals surface area contributed by atoms with E-state index in [1.54, 1.807) is 68.1 Å². The summed E-state index contributed by atoms with van der Waals surface area (Å²) in [6, 6.07) is 16.3. The lowest BCUT2D eigenvalue weighted by Gasteiger charge is -2.35. The highest BCUT2D eigenvalue weighted by molar-refractivity contribution is 7.15. The molecule has 0 saturated carbocycles. The van der Waals surface area contributed by atoms with Crippen molar-refractivity contribution >= 4 is 52.0 Å². The Balaban J connectivity index is 0.983. The Bertz CT molecular complexity index is 2910. The van der Waals surface area contributed by atoms with E-state index in [4.69, 9.17) is 4.99 Å². The van der Waals surface area contributed by atoms with E-state index in [-0.39, 0.29) is 36.4 Å². The van der Waals surface area contributed by atoms with Crippen molar-refractivity contribution < 1.29 is 28.7 Å². The number of aryl methyl sites for hydroxylation is 3. The summed E-state index contributed by atoms with van der Waals surface area (Å²) in [6.07, 6.45) is -0.831. The average molecular weight is 944 g/mol. The van der Waals surface area contributed by atoms with Gasteiger partial charge >= 0.3 is 0 Å². The molecular formula is C50H54FN9O5S2. The van der Waals surface area contributed by atoms with E-state index < -0.39 is 59.2 Å². The Hall–Kier alpha value is -6.43. The number of amides is 4. The second kappa shape index (κ2) is 18.7. The first-order chi connectivity index (χ1) is 31.8. The third-order valence-corrected chi connectivity index (χ3v) is 14.8. The molecule has 348 valence electrons. The van der Waals surface area contributed by atoms with Crippen LogP contribution in [-0.2, 0) is 14.4 Å². The Morgan fingerprint density at radius 2 is 1.61 bits per heavy atom. The molecule has 5 atom stereocenters. The summed E-state index contributed by atoms with van der Waals surface area (Å²) < 4.78 is 18.1. The van der Waals surface area contributed by atoms with Crippen LogP contribution in [0.2, 0.25) is 0 Å². The molecule has 2 aliphatic heterocycles. The maximum Gasteiger partial charge on any atom is 0.252 e. The number of aliphatic hydroxyl groups excluding tert-OH is 1. The number of thiophene rings is 1. The van der Waals surface area contributed by atoms with Gasteiger partial charge < -0.3 is 26.0 Å². The van der Waals surface area contributed by atoms with Crippen LogP contribution in [0.4, 0.5) is 4.39 Å². The molecule has 2 aliphatic rings. The van der Waals surface area contributed by atoms with Crippen LogP contribution < -0.4 is 16.0 Å². The Kier molecular flexibility index (Phi) is 13.1. The minimum Gasteiger partial charge on any atom is -0.391 e. The van der Waals surface area contributed by atoms with Crippen LogP contribution in [0.15, 0.2) is 77.2 Å². The molecule has 4 amide bonds. The molecule has 0 spiro atoms. The summed E-state index contributed by atoms with van der Waals surface area (Å²) >= 11 is 3.17. The highest BCUT2D eigenvalue weighted by atomic mass is 32.1. The summed E-state index contributed by atoms with van der Waals surface area (Å²) in [6.45, 7) is 15.1. The van der Waals surface area contributed by atoms with E-state index >= 15 is 4.39 Å². The number of hydrogen-bond donors (Lipinski definition) is 4. The maximum atomic E-state index is 16.1. The molecule has 8 rings (SSSR count). The molecule has 0 bridgehead atoms. The number of rotatable bonds is 11. The van der Waals surface area contributed by atoms with E-state index in [0.29, 0.717) is 22.9 Å². The van der Waals surface area contributed by atoms with Gasteiger partial charge in [0.1, 0.15) is 34.8 Å². The second-order valence-corrected chi connectivity index (χ2v) is 20.4. The summed E-state index contributed by atoms with van der Waals surface area (Å²) in [5, 5.41) is 29.0. The Labute approximate surface area is 396 Å². The predicted octanol–water partition coefficient (Wildman–Crippen LogP) is 7.50. The molecule has 5 heterocycles. The van der Waals surface area contributed by atoms with E-state index in [1.807, 2.05) is 68.7 Å². The SMILES string of the molecule is CNC(=O)C[C@@H]1N=C(c2ccc(-c3ccc(C(=O)NC(C(=O)N4C[C@H](O)C[C@H]4C(=O)N[C@@H](C)c4ccc(-c5scnc5C)cc4)C(C)(C)C)cc3F)cc2)c2c(sc(C)c2C)-n2c(C)nnc21. The summed E-state index contributed by atoms with van der Waals surface area (Å²) in [5.74, 6) is -1.17. The predicted molar refractivity (Wildman–Crippen MR) is 258 cm³/mol. The van der Waals surface area contributed by atoms with Gasteiger partial charge in [0.15, 0.2) is 5.82 Å². The van der Waals surface area contributed by atoms with Crippen LogP contribution in [0, 0.1) is 38.9 Å². The molecule has 14 nitrogen and oxygen atoms in total. The van der Waals surface area contributed by atoms with Crippen LogP contribution in [0.25, 0.3) is 26.6 Å². The van der Waals surface area contributed by atoms with E-state index in [0.717, 1.165) is 54.3 Å². The van der Waals surface area contributed by atoms with Gasteiger partial charge in [-0.1, -0.05) is 75.4 Å². The second-order valence-electron chi connectivity index (χ2n) is 18.3. The van der Waals surface area contributed by atoms with Crippen molar-refractivity contribution in [2.75, 3.05) is 13.6 Å². The van der Waals surface area contributed by atoms with Gasteiger partial charge in [-0.05, 0) is 74.4 Å². The lowest BCUT2D eigenvalue weighted by molar-refractivity contribution is -0.142. The van der Waals surface area contributed by atoms with Crippen molar-refractivity contribution in [2.24, 2.45) is 10.4 Å². The highest BCUT2D eigenvalue weighted by Crippen LogP contribution is 2.40. The van der Waals surface area contributed by atoms with Gasteiger partial charge in [0.05, 0.1) is 40.4 Å². The zero-order valence-corrected chi connectivity index (χ0v) is 40.5. The van der Waals surface area contributed by atoms with Crippen LogP contribution in [-0.4, -0.2) is 90.9 Å². The van der Waals surface area contributed by atoms with Crippen LogP contribution in [0.3, 0.4) is 0 Å². The topological polar surface area (TPSA) is 184 Å². The molecule has 6 aromatic rings. The number of thiazole rings is 1. The van der Waals surface area contributed by atoms with Crippen molar-refractivity contribution in [3.63, 3.8) is 0 Å². The van der Waals surface area contributed by atoms with E-state index in [9.17, 15) is 24.3 Å². The summed E-state index contributed by atoms with van der Waals surface area (Å²) in [4.78, 5) is 67.7. The number of β-amino-alcohol motifs (C(OH)–C–C–N with tert-alkyl or cyclic N) is 1. The normalized spacial score (nSPS) is 17.7. The summed E-state index contributed by atoms with van der Waals surface area (Å²) in [7, 11) is 1.58. The Morgan fingerprint density at radius 1 is 0.925 bits per heavy atom. The number of nitrogens with one attached hydrogen (secondary N) is 3. The lowest BCUT2D eigenvalue weighted by Crippen LogP contribution is -2.57. The molecule has 17 heteroatoms. The zero-order valence-electron chi connectivity index (χ0n) is 38.9. The molecule has 3 aromatic heterocycles. The number of benzene rings is 3. The van der Waals surface area contributed by atoms with Gasteiger partial charge in [-0.3, -0.25) is 28.7 Å². The van der Waals surface area contributed by atoms with Gasteiger partial charge in [-0.25, -0.2) is 9.37 Å². The van der Waals surface area contributed by atoms with Crippen LogP contribution in [0.5, 0.6) is 0 Å². The first kappa shape index (κ1) is 47.1. The number of hydrogen-bond acceptors (Lipinski definition) is 11. The first-order valence-electron chi connectivity index (χ1n) is 22.2. The first-order valence-corrected chi connectivity index (χ1v) is 23.9. The number of aliphatic hydroxyl groups is 1. The van der Waals surface area contributed by atoms with Crippen molar-refractivity contribution in [3.8, 4) is 26.6 Å². The van der Waals surface area contributed by atoms with Crippen LogP contribution in [0.1, 0.15) is 107 Å². The molecule has 1 unspecified atom stereocenters. The van der Waals surface area contributed by atoms with Crippen molar-refractivity contribution in [1.29, 1.82) is 0 Å². The third kappa shape index (κ3) is 9.32. The fourth-order valence-corrected chi connectivity index (χ4v) is 10.8. The lowest BCUT2D eigenvalue weighted by atomic mass is 9.85. The van der Waals surface area contributed by atoms with Crippen molar-refractivity contribution in [1.82, 2.24) is 40.6 Å². The zero-order chi connectivity index (χ0) is 48.1. The molecule has 0 radical (unpaired) electrons. The highest BCUT2D eigenvalue weighted by Gasteiger charge is 2.45. The largest absolute Gasteiger partial charge is 0.391 e. The number of halogens is 1. The standard InChI is InChI=1S/C50H54FN9O5S2/c1-25-28(4)67-49-41(25)42(55-38(22-40(62)52-9)45-58-57-29(5)60(45)49)32-14-12-31(13-15-32)36-19-18-34(20-37(36)51)46(63)56-44(50(6,7)8)48(65)59-23-35(61)21-39(59)47(64)54-26(2)30-10-16-33(17-11-30)43-27(3)53-24-66-43/h10-20,24,26,35,38-39,44,61H,21-23H2,1-9H3,(H,52,62)(H,54,64)(H,56,63)/t26-,35+,38-,39-,44?/m0/s1. The minimum absolute atomic E-state index is 0.00844. The van der Waals surface area contributed by atoms with Gasteiger partial charge in [0.25, 0.3) is 5.91 Å². The van der Waals surface area contributed by atoms with E-state index in [1.165, 1.54) is 17.0 Å². The molecule has 67 heavy (non-hydrogen) atoms. The molecule has 1 saturated heterocycles. The molecule has 1 fully saturated rings. The average Bonchev–Trinajstić information content (AvgIpc) is 4.07. The Morgan fingerprint density at radius 3 is 2.25 bits per heavy atom. The molecular weight excluding hydrogens is 890 g/mol. The quantitative estimate of drug-likeness (QED) is 0.103. The number of fused-ring (bicyclic) bond motifs is 3. The van der Waals surface area contributed by atoms with E-state index in [2.05, 4.69) is 38.1 Å². The number of carbonyl (C=O) groups excluding carboxylic acids is 4. The monoisotopic (exact) mass is 943 g/mol. The van der Waals surface area contributed by atoms with Gasteiger partial charge in [-0.2, -0.15) is 0 Å². The third-order valence-electron chi connectivity index (χ3n) is 12.6. The number of aromatic nitrogens is 4. The fourth-order valence-electron chi connectivity index (χ4n) is 8.73. The van der Waals surface area contributed by atoms with Gasteiger partial charge in [0.2, 0.25) is 17.7 Å². The summed E-state index contributed by atoms with van der Waals surface area (Å²) in [5.41, 5.74) is 8.08. The molecule has 3 aromatic carbocycles. The maximum absolute atomic E-state index is 16.1. The van der Waals surface area contributed by atoms with Crippen molar-refractivity contribution in [2.45, 2.75) is 98.5 Å². The number of nitrogens with zero attached hydrogens (tertiary/aromatic N) is 6.